The Morgan fingerprint density at radius 3 is 1.75 bits per heavy atom. The van der Waals surface area contributed by atoms with Gasteiger partial charge in [-0.15, -0.1) is 0 Å². The highest BCUT2D eigenvalue weighted by atomic mass is 31.2. The average molecular weight is 873 g/mol. The van der Waals surface area contributed by atoms with Crippen LogP contribution in [0.15, 0.2) is 60.8 Å². The molecule has 0 radical (unpaired) electrons. The van der Waals surface area contributed by atoms with E-state index in [4.69, 9.17) is 18.5 Å². The molecule has 346 valence electrons. The van der Waals surface area contributed by atoms with Crippen LogP contribution in [-0.2, 0) is 32.7 Å². The smallest absolute Gasteiger partial charge is 0.462 e. The van der Waals surface area contributed by atoms with Gasteiger partial charge in [-0.25, -0.2) is 4.57 Å². The number of hydrogen-bond acceptors (Lipinski definition) is 13. The Morgan fingerprint density at radius 1 is 0.617 bits per heavy atom. The van der Waals surface area contributed by atoms with Crippen molar-refractivity contribution in [3.8, 4) is 0 Å². The van der Waals surface area contributed by atoms with Crippen molar-refractivity contribution in [2.24, 2.45) is 0 Å². The number of hydrogen-bond donors (Lipinski definition) is 7. The third-order valence-electron chi connectivity index (χ3n) is 9.95. The van der Waals surface area contributed by atoms with Gasteiger partial charge >= 0.3 is 19.8 Å². The van der Waals surface area contributed by atoms with E-state index in [2.05, 4.69) is 38.2 Å². The van der Waals surface area contributed by atoms with Crippen LogP contribution in [0.2, 0.25) is 0 Å². The Bertz CT molecular complexity index is 1300. The molecule has 0 heterocycles. The molecule has 0 aromatic rings. The van der Waals surface area contributed by atoms with Crippen LogP contribution in [0.5, 0.6) is 0 Å². The zero-order valence-corrected chi connectivity index (χ0v) is 37.0. The van der Waals surface area contributed by atoms with Crippen molar-refractivity contribution < 1.29 is 68.2 Å². The summed E-state index contributed by atoms with van der Waals surface area (Å²) in [6.07, 6.45) is 24.4. The molecule has 1 rings (SSSR count). The van der Waals surface area contributed by atoms with Gasteiger partial charge in [-0.2, -0.15) is 0 Å². The third kappa shape index (κ3) is 27.5. The van der Waals surface area contributed by atoms with Crippen molar-refractivity contribution in [2.45, 2.75) is 198 Å². The van der Waals surface area contributed by atoms with Crippen molar-refractivity contribution in [3.05, 3.63) is 60.8 Å². The average Bonchev–Trinajstić information content (AvgIpc) is 3.22. The van der Waals surface area contributed by atoms with E-state index < -0.39 is 81.8 Å². The van der Waals surface area contributed by atoms with Crippen molar-refractivity contribution >= 4 is 19.8 Å². The van der Waals surface area contributed by atoms with Crippen molar-refractivity contribution in [1.82, 2.24) is 0 Å². The van der Waals surface area contributed by atoms with Crippen molar-refractivity contribution in [3.63, 3.8) is 0 Å². The first kappa shape index (κ1) is 55.5. The van der Waals surface area contributed by atoms with E-state index in [1.54, 1.807) is 12.2 Å². The maximum absolute atomic E-state index is 12.8. The zero-order chi connectivity index (χ0) is 44.4. The molecule has 0 bridgehead atoms. The Hall–Kier alpha value is -2.49. The van der Waals surface area contributed by atoms with E-state index in [-0.39, 0.29) is 12.8 Å². The number of phosphoric ester groups is 1. The minimum Gasteiger partial charge on any atom is -0.462 e. The molecule has 0 aromatic carbocycles. The lowest BCUT2D eigenvalue weighted by atomic mass is 9.85. The van der Waals surface area contributed by atoms with Gasteiger partial charge in [-0.05, 0) is 44.9 Å². The van der Waals surface area contributed by atoms with Gasteiger partial charge in [-0.3, -0.25) is 18.6 Å². The molecule has 15 heteroatoms. The quantitative estimate of drug-likeness (QED) is 0.0110. The molecular formula is C45H77O14P. The minimum atomic E-state index is -5.16. The van der Waals surface area contributed by atoms with Gasteiger partial charge < -0.3 is 45.0 Å². The van der Waals surface area contributed by atoms with Gasteiger partial charge in [0.1, 0.15) is 43.2 Å². The standard InChI is InChI=1S/C45H77O14P/c1-3-5-7-9-11-13-15-16-17-19-21-23-28-32-38(47)56-34-37(35-57-60(54,55)59-45-43(52)41(50)40(49)42(51)44(45)53)58-39(48)33-29-25-24-27-31-36(46)30-26-22-20-18-14-12-10-8-6-4-2/h6,8,12,14,20,22,24,26-27,30,36-37,40-46,49-53H,3-5,7,9-11,13,15-19,21,23,25,28-29,31-35H2,1-2H3,(H,54,55)/b8-6-,14-12-,22-20-,27-24-,30-26+. The van der Waals surface area contributed by atoms with E-state index in [1.165, 1.54) is 57.8 Å². The molecule has 0 spiro atoms. The second-order valence-electron chi connectivity index (χ2n) is 15.4. The highest BCUT2D eigenvalue weighted by Crippen LogP contribution is 2.47. The zero-order valence-electron chi connectivity index (χ0n) is 36.1. The van der Waals surface area contributed by atoms with E-state index in [1.807, 2.05) is 24.3 Å². The molecule has 0 saturated heterocycles. The lowest BCUT2D eigenvalue weighted by Gasteiger charge is -2.41. The van der Waals surface area contributed by atoms with Crippen LogP contribution in [0.25, 0.3) is 0 Å². The summed E-state index contributed by atoms with van der Waals surface area (Å²) in [6, 6.07) is 0. The largest absolute Gasteiger partial charge is 0.472 e. The van der Waals surface area contributed by atoms with Crippen LogP contribution in [0.1, 0.15) is 149 Å². The van der Waals surface area contributed by atoms with Gasteiger partial charge in [0, 0.05) is 12.8 Å². The number of rotatable bonds is 35. The summed E-state index contributed by atoms with van der Waals surface area (Å²) in [5.41, 5.74) is 0. The van der Waals surface area contributed by atoms with Crippen molar-refractivity contribution in [2.75, 3.05) is 13.2 Å². The lowest BCUT2D eigenvalue weighted by Crippen LogP contribution is -2.64. The van der Waals surface area contributed by atoms with E-state index in [9.17, 15) is 49.7 Å². The minimum absolute atomic E-state index is 0.0455. The van der Waals surface area contributed by atoms with Crippen LogP contribution in [0, 0.1) is 0 Å². The first-order valence-corrected chi connectivity index (χ1v) is 23.7. The normalized spacial score (nSPS) is 23.3. The molecule has 1 aliphatic carbocycles. The lowest BCUT2D eigenvalue weighted by molar-refractivity contribution is -0.220. The first-order valence-electron chi connectivity index (χ1n) is 22.2. The van der Waals surface area contributed by atoms with E-state index >= 15 is 0 Å². The molecule has 14 nitrogen and oxygen atoms in total. The summed E-state index contributed by atoms with van der Waals surface area (Å²) in [5, 5.41) is 60.3. The predicted molar refractivity (Wildman–Crippen MR) is 232 cm³/mol. The van der Waals surface area contributed by atoms with E-state index in [0.717, 1.165) is 38.5 Å². The van der Waals surface area contributed by atoms with Gasteiger partial charge in [-0.1, -0.05) is 152 Å². The number of carbonyl (C=O) groups excluding carboxylic acids is 2. The Kier molecular flexibility index (Phi) is 32.4. The summed E-state index contributed by atoms with van der Waals surface area (Å²) in [4.78, 5) is 35.6. The second-order valence-corrected chi connectivity index (χ2v) is 16.8. The van der Waals surface area contributed by atoms with E-state index in [0.29, 0.717) is 25.7 Å². The molecule has 7 unspecified atom stereocenters. The maximum atomic E-state index is 12.8. The summed E-state index contributed by atoms with van der Waals surface area (Å²) in [6.45, 7) is 3.04. The first-order chi connectivity index (χ1) is 28.8. The van der Waals surface area contributed by atoms with Gasteiger partial charge in [0.05, 0.1) is 12.7 Å². The number of esters is 2. The molecule has 60 heavy (non-hydrogen) atoms. The highest BCUT2D eigenvalue weighted by Gasteiger charge is 2.51. The maximum Gasteiger partial charge on any atom is 0.472 e. The molecule has 1 aliphatic rings. The number of allylic oxidation sites excluding steroid dienone is 8. The fourth-order valence-corrected chi connectivity index (χ4v) is 7.32. The SMILES string of the molecule is CC/C=C\C/C=C\C/C=C\C=C\C(O)C/C=C\CCCC(=O)OC(COC(=O)CCCCCCCCCCCCCCC)COP(=O)(O)OC1C(O)C(O)C(O)C(O)C1O. The number of unbranched alkanes of at least 4 members (excludes halogenated alkanes) is 13. The van der Waals surface area contributed by atoms with Crippen LogP contribution in [0.4, 0.5) is 0 Å². The van der Waals surface area contributed by atoms with Gasteiger partial charge in [0.2, 0.25) is 0 Å². The van der Waals surface area contributed by atoms with Crippen LogP contribution < -0.4 is 0 Å². The Balaban J connectivity index is 2.57. The molecular weight excluding hydrogens is 795 g/mol. The molecule has 0 amide bonds. The molecule has 7 atom stereocenters. The predicted octanol–water partition coefficient (Wildman–Crippen LogP) is 7.14. The fraction of sp³-hybridized carbons (Fsp3) is 0.733. The number of carbonyl (C=O) groups is 2. The highest BCUT2D eigenvalue weighted by molar-refractivity contribution is 7.47. The number of ether oxygens (including phenoxy) is 2. The van der Waals surface area contributed by atoms with Gasteiger partial charge in [0.25, 0.3) is 0 Å². The summed E-state index contributed by atoms with van der Waals surface area (Å²) in [7, 11) is -5.16. The van der Waals surface area contributed by atoms with Crippen molar-refractivity contribution in [1.29, 1.82) is 0 Å². The van der Waals surface area contributed by atoms with Crippen LogP contribution in [-0.4, -0.2) is 110 Å². The Labute approximate surface area is 358 Å². The summed E-state index contributed by atoms with van der Waals surface area (Å²) in [5.74, 6) is -1.24. The molecule has 1 saturated carbocycles. The third-order valence-corrected chi connectivity index (χ3v) is 10.9. The molecule has 0 aromatic heterocycles. The van der Waals surface area contributed by atoms with Crippen LogP contribution >= 0.6 is 7.82 Å². The second kappa shape index (κ2) is 35.0. The molecule has 7 N–H and O–H groups in total. The van der Waals surface area contributed by atoms with Gasteiger partial charge in [0.15, 0.2) is 6.10 Å². The van der Waals surface area contributed by atoms with Crippen LogP contribution in [0.3, 0.4) is 0 Å². The summed E-state index contributed by atoms with van der Waals surface area (Å²) >= 11 is 0. The Morgan fingerprint density at radius 2 is 1.15 bits per heavy atom. The molecule has 1 fully saturated rings. The topological polar surface area (TPSA) is 230 Å². The fourth-order valence-electron chi connectivity index (χ4n) is 6.35. The molecule has 0 aliphatic heterocycles. The number of aliphatic hydroxyl groups is 6. The summed E-state index contributed by atoms with van der Waals surface area (Å²) < 4.78 is 33.4. The monoisotopic (exact) mass is 873 g/mol. The number of phosphoric acid groups is 1. The number of aliphatic hydroxyl groups excluding tert-OH is 6.